The zero-order valence-corrected chi connectivity index (χ0v) is 13.3. The van der Waals surface area contributed by atoms with Crippen molar-refractivity contribution in [3.8, 4) is 0 Å². The Balaban J connectivity index is 1.50. The van der Waals surface area contributed by atoms with Crippen LogP contribution in [0.3, 0.4) is 0 Å². The summed E-state index contributed by atoms with van der Waals surface area (Å²) < 4.78 is 16.0. The fourth-order valence-corrected chi connectivity index (χ4v) is 3.88. The Labute approximate surface area is 130 Å². The lowest BCUT2D eigenvalue weighted by atomic mass is 9.87. The predicted octanol–water partition coefficient (Wildman–Crippen LogP) is 1.25. The van der Waals surface area contributed by atoms with Crippen LogP contribution in [-0.4, -0.2) is 42.1 Å². The van der Waals surface area contributed by atoms with Crippen molar-refractivity contribution in [2.75, 3.05) is 6.61 Å². The van der Waals surface area contributed by atoms with E-state index < -0.39 is 23.6 Å². The van der Waals surface area contributed by atoms with Crippen molar-refractivity contribution in [1.82, 2.24) is 0 Å². The lowest BCUT2D eigenvalue weighted by Crippen LogP contribution is -2.37. The molecule has 1 aliphatic heterocycles. The number of hydrogen-bond acceptors (Lipinski definition) is 6. The van der Waals surface area contributed by atoms with Crippen LogP contribution >= 0.6 is 0 Å². The number of ether oxygens (including phenoxy) is 3. The first kappa shape index (κ1) is 15.7. The monoisotopic (exact) mass is 312 g/mol. The molecule has 0 aromatic heterocycles. The molecule has 2 saturated carbocycles. The third-order valence-electron chi connectivity index (χ3n) is 5.60. The second-order valence-electron chi connectivity index (χ2n) is 7.32. The molecule has 0 spiro atoms. The van der Waals surface area contributed by atoms with Crippen LogP contribution in [0.25, 0.3) is 0 Å². The van der Waals surface area contributed by atoms with E-state index in [4.69, 9.17) is 14.2 Å². The maximum Gasteiger partial charge on any atom is 0.344 e. The summed E-state index contributed by atoms with van der Waals surface area (Å²) in [6, 6.07) is 0. The average Bonchev–Trinajstić information content (AvgIpc) is 3.09. The van der Waals surface area contributed by atoms with Gasteiger partial charge in [0.25, 0.3) is 0 Å². The van der Waals surface area contributed by atoms with Crippen LogP contribution in [0.2, 0.25) is 0 Å². The minimum atomic E-state index is -0.730. The molecule has 6 unspecified atom stereocenters. The molecule has 1 N–H and O–H groups in total. The number of carbonyl (C=O) groups excluding carboxylic acids is 2. The molecule has 6 nitrogen and oxygen atoms in total. The summed E-state index contributed by atoms with van der Waals surface area (Å²) in [4.78, 5) is 23.8. The molecule has 1 saturated heterocycles. The van der Waals surface area contributed by atoms with Gasteiger partial charge in [-0.3, -0.25) is 4.79 Å². The molecule has 3 fully saturated rings. The van der Waals surface area contributed by atoms with Crippen LogP contribution < -0.4 is 0 Å². The van der Waals surface area contributed by atoms with Crippen LogP contribution in [0, 0.1) is 23.2 Å². The van der Waals surface area contributed by atoms with Gasteiger partial charge in [-0.2, -0.15) is 0 Å². The highest BCUT2D eigenvalue weighted by molar-refractivity contribution is 5.79. The fraction of sp³-hybridized carbons (Fsp3) is 0.875. The first-order chi connectivity index (χ1) is 10.3. The molecular formula is C16H24O6. The van der Waals surface area contributed by atoms with Gasteiger partial charge in [0.05, 0.1) is 5.41 Å². The molecular weight excluding hydrogens is 288 g/mol. The molecule has 6 atom stereocenters. The number of esters is 2. The highest BCUT2D eigenvalue weighted by atomic mass is 16.6. The van der Waals surface area contributed by atoms with E-state index in [1.54, 1.807) is 13.8 Å². The van der Waals surface area contributed by atoms with Crippen LogP contribution in [0.1, 0.15) is 40.0 Å². The largest absolute Gasteiger partial charge is 0.457 e. The summed E-state index contributed by atoms with van der Waals surface area (Å²) in [6.07, 6.45) is 1.17. The van der Waals surface area contributed by atoms with E-state index in [0.717, 1.165) is 12.8 Å². The van der Waals surface area contributed by atoms with Gasteiger partial charge in [0.2, 0.25) is 0 Å². The topological polar surface area (TPSA) is 82.1 Å². The van der Waals surface area contributed by atoms with Crippen molar-refractivity contribution in [1.29, 1.82) is 0 Å². The van der Waals surface area contributed by atoms with Crippen molar-refractivity contribution in [2.24, 2.45) is 23.2 Å². The standard InChI is InChI=1S/C16H24O6/c1-4-16(2,3)15(19)20-7-11(17)21-12-8-5-9-10(6-8)14(18)22-13(9)12/h8-10,12-14,18H,4-7H2,1-3H3. The zero-order valence-electron chi connectivity index (χ0n) is 13.3. The van der Waals surface area contributed by atoms with E-state index >= 15 is 0 Å². The maximum absolute atomic E-state index is 11.9. The van der Waals surface area contributed by atoms with Gasteiger partial charge in [0.1, 0.15) is 12.2 Å². The van der Waals surface area contributed by atoms with Crippen molar-refractivity contribution in [3.63, 3.8) is 0 Å². The van der Waals surface area contributed by atoms with E-state index in [9.17, 15) is 14.7 Å². The van der Waals surface area contributed by atoms with Crippen molar-refractivity contribution >= 4 is 11.9 Å². The van der Waals surface area contributed by atoms with Gasteiger partial charge in [0, 0.05) is 5.92 Å². The summed E-state index contributed by atoms with van der Waals surface area (Å²) in [5.74, 6) is -0.205. The third kappa shape index (κ3) is 2.52. The Morgan fingerprint density at radius 2 is 1.95 bits per heavy atom. The van der Waals surface area contributed by atoms with E-state index in [0.29, 0.717) is 12.3 Å². The van der Waals surface area contributed by atoms with Crippen LogP contribution in [-0.2, 0) is 23.8 Å². The zero-order chi connectivity index (χ0) is 16.1. The predicted molar refractivity (Wildman–Crippen MR) is 75.5 cm³/mol. The number of carbonyl (C=O) groups is 2. The van der Waals surface area contributed by atoms with Gasteiger partial charge in [-0.25, -0.2) is 4.79 Å². The van der Waals surface area contributed by atoms with Gasteiger partial charge in [0.15, 0.2) is 12.9 Å². The summed E-state index contributed by atoms with van der Waals surface area (Å²) in [5.41, 5.74) is -0.599. The van der Waals surface area contributed by atoms with Gasteiger partial charge in [-0.05, 0) is 44.9 Å². The molecule has 0 radical (unpaired) electrons. The van der Waals surface area contributed by atoms with Gasteiger partial charge in [-0.1, -0.05) is 6.92 Å². The molecule has 3 rings (SSSR count). The molecule has 2 aliphatic carbocycles. The molecule has 3 aliphatic rings. The second kappa shape index (κ2) is 5.49. The Morgan fingerprint density at radius 1 is 1.27 bits per heavy atom. The molecule has 6 heteroatoms. The van der Waals surface area contributed by atoms with E-state index in [2.05, 4.69) is 0 Å². The molecule has 0 amide bonds. The first-order valence-corrected chi connectivity index (χ1v) is 8.03. The summed E-state index contributed by atoms with van der Waals surface area (Å²) in [7, 11) is 0. The number of aliphatic hydroxyl groups excluding tert-OH is 1. The van der Waals surface area contributed by atoms with Gasteiger partial charge < -0.3 is 19.3 Å². The number of rotatable bonds is 5. The first-order valence-electron chi connectivity index (χ1n) is 8.03. The molecule has 1 heterocycles. The van der Waals surface area contributed by atoms with E-state index in [1.807, 2.05) is 6.92 Å². The quantitative estimate of drug-likeness (QED) is 0.769. The summed E-state index contributed by atoms with van der Waals surface area (Å²) >= 11 is 0. The third-order valence-corrected chi connectivity index (χ3v) is 5.60. The molecule has 22 heavy (non-hydrogen) atoms. The second-order valence-corrected chi connectivity index (χ2v) is 7.32. The van der Waals surface area contributed by atoms with E-state index in [1.165, 1.54) is 0 Å². The molecule has 0 aromatic carbocycles. The lowest BCUT2D eigenvalue weighted by molar-refractivity contribution is -0.175. The summed E-state index contributed by atoms with van der Waals surface area (Å²) in [6.45, 7) is 5.10. The maximum atomic E-state index is 11.9. The molecule has 2 bridgehead atoms. The molecule has 124 valence electrons. The Hall–Kier alpha value is -1.14. The SMILES string of the molecule is CCC(C)(C)C(=O)OCC(=O)OC1C2CC3C(O)OC1C3C2. The van der Waals surface area contributed by atoms with E-state index in [-0.39, 0.29) is 30.7 Å². The Morgan fingerprint density at radius 3 is 2.64 bits per heavy atom. The smallest absolute Gasteiger partial charge is 0.344 e. The number of fused-ring (bicyclic) bond motifs is 1. The minimum Gasteiger partial charge on any atom is -0.457 e. The Kier molecular flexibility index (Phi) is 3.93. The Bertz CT molecular complexity index is 473. The fourth-order valence-electron chi connectivity index (χ4n) is 3.88. The van der Waals surface area contributed by atoms with Gasteiger partial charge >= 0.3 is 11.9 Å². The lowest BCUT2D eigenvalue weighted by Gasteiger charge is -2.26. The highest BCUT2D eigenvalue weighted by Gasteiger charge is 2.62. The number of hydrogen-bond donors (Lipinski definition) is 1. The normalized spacial score (nSPS) is 39.1. The average molecular weight is 312 g/mol. The van der Waals surface area contributed by atoms with Crippen LogP contribution in [0.15, 0.2) is 0 Å². The highest BCUT2D eigenvalue weighted by Crippen LogP contribution is 2.56. The number of aliphatic hydroxyl groups is 1. The molecule has 0 aromatic rings. The van der Waals surface area contributed by atoms with Crippen molar-refractivity contribution in [2.45, 2.75) is 58.5 Å². The minimum absolute atomic E-state index is 0.188. The van der Waals surface area contributed by atoms with Crippen LogP contribution in [0.5, 0.6) is 0 Å². The van der Waals surface area contributed by atoms with Gasteiger partial charge in [-0.15, -0.1) is 0 Å². The summed E-state index contributed by atoms with van der Waals surface area (Å²) in [5, 5.41) is 9.81. The van der Waals surface area contributed by atoms with Crippen molar-refractivity contribution in [3.05, 3.63) is 0 Å². The van der Waals surface area contributed by atoms with Crippen LogP contribution in [0.4, 0.5) is 0 Å². The van der Waals surface area contributed by atoms with Crippen molar-refractivity contribution < 1.29 is 28.9 Å².